The van der Waals surface area contributed by atoms with Crippen LogP contribution in [0, 0.1) is 5.82 Å². The molecule has 1 aliphatic heterocycles. The summed E-state index contributed by atoms with van der Waals surface area (Å²) in [6, 6.07) is 14.1. The number of amides is 1. The maximum atomic E-state index is 15.0. The Morgan fingerprint density at radius 1 is 1.06 bits per heavy atom. The van der Waals surface area contributed by atoms with E-state index >= 15 is 4.39 Å². The third kappa shape index (κ3) is 3.65. The molecule has 160 valence electrons. The number of fused-ring (bicyclic) bond motifs is 1. The number of hydrogen-bond donors (Lipinski definition) is 2. The average molecular weight is 436 g/mol. The van der Waals surface area contributed by atoms with Gasteiger partial charge in [0.1, 0.15) is 5.82 Å². The lowest BCUT2D eigenvalue weighted by Gasteiger charge is -2.07. The summed E-state index contributed by atoms with van der Waals surface area (Å²) in [5, 5.41) is 10.1. The van der Waals surface area contributed by atoms with Gasteiger partial charge in [0.25, 0.3) is 13.9 Å². The highest BCUT2D eigenvalue weighted by atomic mass is 19.1. The second kappa shape index (κ2) is 7.55. The van der Waals surface area contributed by atoms with Crippen LogP contribution in [0.25, 0.3) is 22.5 Å². The van der Waals surface area contributed by atoms with Crippen LogP contribution in [0.5, 0.6) is 0 Å². The monoisotopic (exact) mass is 436 g/mol. The maximum absolute atomic E-state index is 15.0. The van der Waals surface area contributed by atoms with Crippen LogP contribution < -0.4 is 10.6 Å². The van der Waals surface area contributed by atoms with Crippen LogP contribution in [0.3, 0.4) is 0 Å². The minimum atomic E-state index is -0.362. The van der Waals surface area contributed by atoms with E-state index in [0.29, 0.717) is 40.9 Å². The molecular weight excluding hydrogens is 418 g/mol. The van der Waals surface area contributed by atoms with E-state index < -0.39 is 0 Å². The van der Waals surface area contributed by atoms with Gasteiger partial charge in [-0.2, -0.15) is 10.1 Å². The van der Waals surface area contributed by atoms with Crippen LogP contribution in [0.4, 0.5) is 16.0 Å². The van der Waals surface area contributed by atoms with Crippen molar-refractivity contribution in [2.75, 3.05) is 5.32 Å². The molecule has 0 unspecified atom stereocenters. The Morgan fingerprint density at radius 3 is 2.73 bits per heavy atom. The SMILES string of the molecule is [B]n1nc(-c2ccc(-c3ccnc(C4CC4)c3)c(F)c2)nc1Nc1ccc2c(c1)CNC2=O. The molecule has 1 fully saturated rings. The van der Waals surface area contributed by atoms with Gasteiger partial charge in [-0.25, -0.2) is 4.39 Å². The Kier molecular flexibility index (Phi) is 4.50. The summed E-state index contributed by atoms with van der Waals surface area (Å²) in [4.78, 5) is 20.6. The van der Waals surface area contributed by atoms with Crippen molar-refractivity contribution in [2.45, 2.75) is 25.3 Å². The fraction of sp³-hybridized carbons (Fsp3) is 0.167. The van der Waals surface area contributed by atoms with Gasteiger partial charge in [-0.15, -0.1) is 0 Å². The molecule has 7 nitrogen and oxygen atoms in total. The second-order valence-electron chi connectivity index (χ2n) is 8.32. The van der Waals surface area contributed by atoms with Gasteiger partial charge in [-0.05, 0) is 60.4 Å². The van der Waals surface area contributed by atoms with Crippen molar-refractivity contribution in [1.82, 2.24) is 25.0 Å². The number of hydrogen-bond acceptors (Lipinski definition) is 5. The first kappa shape index (κ1) is 19.7. The van der Waals surface area contributed by atoms with Crippen LogP contribution in [0.1, 0.15) is 40.4 Å². The first-order valence-electron chi connectivity index (χ1n) is 10.7. The molecule has 0 atom stereocenters. The zero-order chi connectivity index (χ0) is 22.5. The highest BCUT2D eigenvalue weighted by molar-refractivity contribution is 6.07. The molecule has 1 saturated carbocycles. The van der Waals surface area contributed by atoms with E-state index in [1.165, 1.54) is 6.07 Å². The molecule has 9 heteroatoms. The van der Waals surface area contributed by atoms with Crippen LogP contribution >= 0.6 is 0 Å². The van der Waals surface area contributed by atoms with Gasteiger partial charge >= 0.3 is 0 Å². The van der Waals surface area contributed by atoms with Gasteiger partial charge < -0.3 is 10.6 Å². The Labute approximate surface area is 190 Å². The zero-order valence-electron chi connectivity index (χ0n) is 17.5. The molecule has 3 heterocycles. The van der Waals surface area contributed by atoms with Crippen molar-refractivity contribution < 1.29 is 9.18 Å². The second-order valence-corrected chi connectivity index (χ2v) is 8.32. The van der Waals surface area contributed by atoms with E-state index in [0.717, 1.165) is 39.9 Å². The van der Waals surface area contributed by atoms with Crippen LogP contribution in [-0.4, -0.2) is 33.5 Å². The lowest BCUT2D eigenvalue weighted by molar-refractivity contribution is 0.0966. The molecule has 2 aromatic heterocycles. The predicted octanol–water partition coefficient (Wildman–Crippen LogP) is 3.94. The standard InChI is InChI=1S/C24H18BFN6O/c25-32-24(29-17-4-6-19-16(9-17)12-28-23(19)33)30-22(31-32)15-3-5-18(20(26)10-15)14-7-8-27-21(11-14)13-1-2-13/h3-11,13H,1-2,12H2,(H,28,33)(H,29,30,31). The van der Waals surface area contributed by atoms with Gasteiger partial charge in [0, 0.05) is 46.7 Å². The number of aromatic nitrogens is 4. The topological polar surface area (TPSA) is 84.7 Å². The van der Waals surface area contributed by atoms with Gasteiger partial charge in [0.05, 0.1) is 0 Å². The zero-order valence-corrected chi connectivity index (χ0v) is 17.5. The highest BCUT2D eigenvalue weighted by Crippen LogP contribution is 2.40. The Balaban J connectivity index is 1.26. The smallest absolute Gasteiger partial charge is 0.269 e. The molecule has 2 aromatic carbocycles. The van der Waals surface area contributed by atoms with Crippen molar-refractivity contribution >= 4 is 25.5 Å². The van der Waals surface area contributed by atoms with Crippen molar-refractivity contribution in [2.24, 2.45) is 0 Å². The number of pyridine rings is 1. The molecule has 0 saturated heterocycles. The van der Waals surface area contributed by atoms with Crippen LogP contribution in [-0.2, 0) is 6.54 Å². The molecule has 6 rings (SSSR count). The molecule has 0 spiro atoms. The van der Waals surface area contributed by atoms with Crippen molar-refractivity contribution in [1.29, 1.82) is 0 Å². The highest BCUT2D eigenvalue weighted by Gasteiger charge is 2.25. The third-order valence-corrected chi connectivity index (χ3v) is 5.99. The molecule has 2 radical (unpaired) electrons. The minimum Gasteiger partial charge on any atom is -0.348 e. The van der Waals surface area contributed by atoms with Crippen molar-refractivity contribution in [3.63, 3.8) is 0 Å². The lowest BCUT2D eigenvalue weighted by Crippen LogP contribution is -2.12. The summed E-state index contributed by atoms with van der Waals surface area (Å²) in [5.41, 5.74) is 5.12. The average Bonchev–Trinajstić information content (AvgIpc) is 3.53. The molecule has 1 aliphatic carbocycles. The summed E-state index contributed by atoms with van der Waals surface area (Å²) in [6.07, 6.45) is 4.02. The largest absolute Gasteiger partial charge is 0.348 e. The van der Waals surface area contributed by atoms with E-state index in [1.807, 2.05) is 18.2 Å². The molecular formula is C24H18BFN6O. The van der Waals surface area contributed by atoms with E-state index in [4.69, 9.17) is 7.98 Å². The van der Waals surface area contributed by atoms with Crippen molar-refractivity contribution in [3.05, 3.63) is 77.4 Å². The Morgan fingerprint density at radius 2 is 1.91 bits per heavy atom. The van der Waals surface area contributed by atoms with Crippen LogP contribution in [0.2, 0.25) is 0 Å². The van der Waals surface area contributed by atoms with Gasteiger partial charge in [0.15, 0.2) is 5.82 Å². The number of nitrogens with one attached hydrogen (secondary N) is 2. The quantitative estimate of drug-likeness (QED) is 0.463. The summed E-state index contributed by atoms with van der Waals surface area (Å²) < 4.78 is 16.1. The van der Waals surface area contributed by atoms with Crippen LogP contribution in [0.15, 0.2) is 54.7 Å². The summed E-state index contributed by atoms with van der Waals surface area (Å²) in [6.45, 7) is 0.482. The number of carbonyl (C=O) groups excluding carboxylic acids is 1. The van der Waals surface area contributed by atoms with E-state index in [1.54, 1.807) is 30.5 Å². The van der Waals surface area contributed by atoms with Gasteiger partial charge in [-0.1, -0.05) is 12.1 Å². The number of benzene rings is 2. The molecule has 1 amide bonds. The maximum Gasteiger partial charge on any atom is 0.269 e. The minimum absolute atomic E-state index is 0.0816. The van der Waals surface area contributed by atoms with Gasteiger partial charge in [0.2, 0.25) is 5.95 Å². The molecule has 0 bridgehead atoms. The molecule has 4 aromatic rings. The fourth-order valence-corrected chi connectivity index (χ4v) is 4.08. The number of rotatable bonds is 5. The summed E-state index contributed by atoms with van der Waals surface area (Å²) in [5.74, 6) is 0.658. The van der Waals surface area contributed by atoms with E-state index in [-0.39, 0.29) is 11.7 Å². The lowest BCUT2D eigenvalue weighted by atomic mass is 10.0. The Hall–Kier alpha value is -4.01. The normalized spacial score (nSPS) is 14.8. The first-order valence-corrected chi connectivity index (χ1v) is 10.7. The van der Waals surface area contributed by atoms with Crippen molar-refractivity contribution in [3.8, 4) is 22.5 Å². The predicted molar refractivity (Wildman–Crippen MR) is 123 cm³/mol. The molecule has 2 N–H and O–H groups in total. The molecule has 2 aliphatic rings. The van der Waals surface area contributed by atoms with E-state index in [9.17, 15) is 4.79 Å². The number of carbonyl (C=O) groups is 1. The summed E-state index contributed by atoms with van der Waals surface area (Å²) >= 11 is 0. The third-order valence-electron chi connectivity index (χ3n) is 5.99. The number of anilines is 2. The number of nitrogens with zero attached hydrogens (tertiary/aromatic N) is 4. The first-order chi connectivity index (χ1) is 16.0. The molecule has 33 heavy (non-hydrogen) atoms. The fourth-order valence-electron chi connectivity index (χ4n) is 4.08. The number of halogens is 1. The van der Waals surface area contributed by atoms with E-state index in [2.05, 4.69) is 25.7 Å². The summed E-state index contributed by atoms with van der Waals surface area (Å²) in [7, 11) is 5.98. The van der Waals surface area contributed by atoms with Gasteiger partial charge in [-0.3, -0.25) is 14.4 Å². The Bertz CT molecular complexity index is 1410.